The van der Waals surface area contributed by atoms with Crippen LogP contribution in [0, 0.1) is 0 Å². The normalized spacial score (nSPS) is 10.9. The van der Waals surface area contributed by atoms with Crippen LogP contribution in [-0.2, 0) is 20.7 Å². The summed E-state index contributed by atoms with van der Waals surface area (Å²) in [7, 11) is 0. The molecule has 0 aliphatic heterocycles. The summed E-state index contributed by atoms with van der Waals surface area (Å²) < 4.78 is 5.13. The lowest BCUT2D eigenvalue weighted by molar-refractivity contribution is -0.155. The average molecular weight is 278 g/mol. The number of aromatic nitrogens is 1. The van der Waals surface area contributed by atoms with Crippen LogP contribution in [0.4, 0.5) is 0 Å². The molecule has 0 aliphatic carbocycles. The molecule has 0 spiro atoms. The number of nitrogens with one attached hydrogen (secondary N) is 1. The van der Waals surface area contributed by atoms with Gasteiger partial charge in [-0.25, -0.2) is 0 Å². The predicted octanol–water partition coefficient (Wildman–Crippen LogP) is 1.86. The molecule has 0 unspecified atom stereocenters. The van der Waals surface area contributed by atoms with Crippen molar-refractivity contribution < 1.29 is 14.3 Å². The highest BCUT2D eigenvalue weighted by atomic mass is 16.6. The maximum Gasteiger partial charge on any atom is 0.306 e. The molecule has 1 heterocycles. The van der Waals surface area contributed by atoms with Crippen molar-refractivity contribution in [3.8, 4) is 0 Å². The van der Waals surface area contributed by atoms with Crippen molar-refractivity contribution in [1.29, 1.82) is 0 Å². The summed E-state index contributed by atoms with van der Waals surface area (Å²) >= 11 is 0. The first kappa shape index (κ1) is 16.1. The van der Waals surface area contributed by atoms with Crippen LogP contribution < -0.4 is 5.32 Å². The summed E-state index contributed by atoms with van der Waals surface area (Å²) in [5.74, 6) is -0.496. The first-order chi connectivity index (χ1) is 9.37. The molecule has 0 aromatic carbocycles. The fourth-order valence-corrected chi connectivity index (χ4v) is 1.57. The Morgan fingerprint density at radius 2 is 2.00 bits per heavy atom. The lowest BCUT2D eigenvalue weighted by Crippen LogP contribution is -2.28. The Labute approximate surface area is 119 Å². The molecule has 0 saturated carbocycles. The molecule has 0 radical (unpaired) electrons. The molecule has 0 atom stereocenters. The van der Waals surface area contributed by atoms with Crippen molar-refractivity contribution in [2.45, 2.75) is 45.6 Å². The van der Waals surface area contributed by atoms with Crippen LogP contribution in [0.25, 0.3) is 0 Å². The summed E-state index contributed by atoms with van der Waals surface area (Å²) in [4.78, 5) is 27.2. The van der Waals surface area contributed by atoms with E-state index in [-0.39, 0.29) is 24.7 Å². The molecule has 0 saturated heterocycles. The van der Waals surface area contributed by atoms with Crippen LogP contribution >= 0.6 is 0 Å². The van der Waals surface area contributed by atoms with Gasteiger partial charge in [-0.15, -0.1) is 0 Å². The van der Waals surface area contributed by atoms with Gasteiger partial charge in [-0.1, -0.05) is 6.07 Å². The summed E-state index contributed by atoms with van der Waals surface area (Å²) in [6, 6.07) is 5.67. The maximum absolute atomic E-state index is 11.6. The molecule has 0 bridgehead atoms. The monoisotopic (exact) mass is 278 g/mol. The smallest absolute Gasteiger partial charge is 0.306 e. The zero-order valence-corrected chi connectivity index (χ0v) is 12.3. The predicted molar refractivity (Wildman–Crippen MR) is 76.0 cm³/mol. The van der Waals surface area contributed by atoms with Crippen molar-refractivity contribution >= 4 is 11.9 Å². The second kappa shape index (κ2) is 7.62. The SMILES string of the molecule is CC(C)(C)OC(=O)CCC(=O)NCCc1ccccn1. The zero-order valence-electron chi connectivity index (χ0n) is 12.3. The molecule has 110 valence electrons. The zero-order chi connectivity index (χ0) is 15.0. The van der Waals surface area contributed by atoms with Gasteiger partial charge >= 0.3 is 5.97 Å². The minimum Gasteiger partial charge on any atom is -0.460 e. The number of esters is 1. The van der Waals surface area contributed by atoms with E-state index in [1.54, 1.807) is 27.0 Å². The van der Waals surface area contributed by atoms with E-state index in [2.05, 4.69) is 10.3 Å². The number of rotatable bonds is 6. The Morgan fingerprint density at radius 1 is 1.25 bits per heavy atom. The van der Waals surface area contributed by atoms with Gasteiger partial charge in [0.25, 0.3) is 0 Å². The molecule has 20 heavy (non-hydrogen) atoms. The van der Waals surface area contributed by atoms with Crippen LogP contribution in [-0.4, -0.2) is 29.0 Å². The minimum atomic E-state index is -0.507. The molecule has 5 nitrogen and oxygen atoms in total. The molecule has 1 N–H and O–H groups in total. The second-order valence-corrected chi connectivity index (χ2v) is 5.51. The van der Waals surface area contributed by atoms with Gasteiger partial charge < -0.3 is 10.1 Å². The topological polar surface area (TPSA) is 68.3 Å². The van der Waals surface area contributed by atoms with Crippen LogP contribution in [0.3, 0.4) is 0 Å². The van der Waals surface area contributed by atoms with Gasteiger partial charge in [0.2, 0.25) is 5.91 Å². The third-order valence-corrected chi connectivity index (χ3v) is 2.41. The van der Waals surface area contributed by atoms with Gasteiger partial charge in [0, 0.05) is 31.3 Å². The quantitative estimate of drug-likeness (QED) is 0.806. The van der Waals surface area contributed by atoms with E-state index < -0.39 is 5.60 Å². The number of carbonyl (C=O) groups excluding carboxylic acids is 2. The minimum absolute atomic E-state index is 0.104. The molecule has 1 amide bonds. The highest BCUT2D eigenvalue weighted by molar-refractivity contribution is 5.81. The summed E-state index contributed by atoms with van der Waals surface area (Å²) in [6.45, 7) is 5.93. The number of nitrogens with zero attached hydrogens (tertiary/aromatic N) is 1. The first-order valence-corrected chi connectivity index (χ1v) is 6.75. The van der Waals surface area contributed by atoms with E-state index in [1.807, 2.05) is 18.2 Å². The van der Waals surface area contributed by atoms with Gasteiger partial charge in [0.1, 0.15) is 5.60 Å². The molecular weight excluding hydrogens is 256 g/mol. The fourth-order valence-electron chi connectivity index (χ4n) is 1.57. The van der Waals surface area contributed by atoms with Crippen LogP contribution in [0.5, 0.6) is 0 Å². The Hall–Kier alpha value is -1.91. The second-order valence-electron chi connectivity index (χ2n) is 5.51. The highest BCUT2D eigenvalue weighted by Gasteiger charge is 2.16. The standard InChI is InChI=1S/C15H22N2O3/c1-15(2,3)20-14(19)8-7-13(18)17-11-9-12-6-4-5-10-16-12/h4-6,10H,7-9,11H2,1-3H3,(H,17,18). The van der Waals surface area contributed by atoms with E-state index in [9.17, 15) is 9.59 Å². The lowest BCUT2D eigenvalue weighted by Gasteiger charge is -2.19. The third-order valence-electron chi connectivity index (χ3n) is 2.41. The van der Waals surface area contributed by atoms with Crippen molar-refractivity contribution in [2.75, 3.05) is 6.54 Å². The molecule has 1 rings (SSSR count). The van der Waals surface area contributed by atoms with Gasteiger partial charge in [-0.05, 0) is 32.9 Å². The van der Waals surface area contributed by atoms with Gasteiger partial charge in [0.05, 0.1) is 6.42 Å². The molecule has 5 heteroatoms. The number of hydrogen-bond acceptors (Lipinski definition) is 4. The van der Waals surface area contributed by atoms with Gasteiger partial charge in [-0.2, -0.15) is 0 Å². The van der Waals surface area contributed by atoms with Gasteiger partial charge in [-0.3, -0.25) is 14.6 Å². The fraction of sp³-hybridized carbons (Fsp3) is 0.533. The highest BCUT2D eigenvalue weighted by Crippen LogP contribution is 2.08. The Balaban J connectivity index is 2.16. The van der Waals surface area contributed by atoms with Crippen LogP contribution in [0.1, 0.15) is 39.3 Å². The largest absolute Gasteiger partial charge is 0.460 e. The molecular formula is C15H22N2O3. The summed E-state index contributed by atoms with van der Waals surface area (Å²) in [6.07, 6.45) is 2.66. The van der Waals surface area contributed by atoms with Crippen molar-refractivity contribution in [1.82, 2.24) is 10.3 Å². The first-order valence-electron chi connectivity index (χ1n) is 6.75. The van der Waals surface area contributed by atoms with E-state index in [1.165, 1.54) is 0 Å². The Kier molecular flexibility index (Phi) is 6.15. The number of amides is 1. The maximum atomic E-state index is 11.6. The average Bonchev–Trinajstić information content (AvgIpc) is 2.36. The Bertz CT molecular complexity index is 438. The van der Waals surface area contributed by atoms with Crippen molar-refractivity contribution in [2.24, 2.45) is 0 Å². The third kappa shape index (κ3) is 7.51. The summed E-state index contributed by atoms with van der Waals surface area (Å²) in [5, 5.41) is 2.76. The number of ether oxygens (including phenoxy) is 1. The van der Waals surface area contributed by atoms with E-state index in [4.69, 9.17) is 4.74 Å². The van der Waals surface area contributed by atoms with Crippen LogP contribution in [0.15, 0.2) is 24.4 Å². The lowest BCUT2D eigenvalue weighted by atomic mass is 10.2. The molecule has 0 fully saturated rings. The van der Waals surface area contributed by atoms with E-state index in [0.717, 1.165) is 5.69 Å². The van der Waals surface area contributed by atoms with Crippen molar-refractivity contribution in [3.05, 3.63) is 30.1 Å². The van der Waals surface area contributed by atoms with Crippen molar-refractivity contribution in [3.63, 3.8) is 0 Å². The Morgan fingerprint density at radius 3 is 2.60 bits per heavy atom. The molecule has 0 aliphatic rings. The number of carbonyl (C=O) groups is 2. The molecule has 1 aromatic heterocycles. The van der Waals surface area contributed by atoms with E-state index >= 15 is 0 Å². The van der Waals surface area contributed by atoms with E-state index in [0.29, 0.717) is 13.0 Å². The molecule has 1 aromatic rings. The van der Waals surface area contributed by atoms with Gasteiger partial charge in [0.15, 0.2) is 0 Å². The number of pyridine rings is 1. The summed E-state index contributed by atoms with van der Waals surface area (Å²) in [5.41, 5.74) is 0.423. The number of hydrogen-bond donors (Lipinski definition) is 1. The van der Waals surface area contributed by atoms with Crippen LogP contribution in [0.2, 0.25) is 0 Å².